The molecule has 0 aromatic carbocycles. The van der Waals surface area contributed by atoms with Gasteiger partial charge in [-0.1, -0.05) is 5.92 Å². The van der Waals surface area contributed by atoms with Gasteiger partial charge in [0, 0.05) is 6.92 Å². The van der Waals surface area contributed by atoms with E-state index in [4.69, 9.17) is 4.42 Å². The summed E-state index contributed by atoms with van der Waals surface area (Å²) in [4.78, 5) is 0. The summed E-state index contributed by atoms with van der Waals surface area (Å²) in [6.45, 7) is 3.34. The average molecular weight is 105 g/mol. The molecule has 0 bridgehead atoms. The van der Waals surface area contributed by atoms with Crippen molar-refractivity contribution in [3.63, 3.8) is 0 Å². The van der Waals surface area contributed by atoms with Gasteiger partial charge in [0.1, 0.15) is 0 Å². The first-order valence-electron chi connectivity index (χ1n) is 2.25. The lowest BCUT2D eigenvalue weighted by molar-refractivity contribution is 0.554. The summed E-state index contributed by atoms with van der Waals surface area (Å²) >= 11 is 0. The van der Waals surface area contributed by atoms with Crippen LogP contribution in [0.2, 0.25) is 0 Å². The normalized spacial score (nSPS) is 7.62. The van der Waals surface area contributed by atoms with Gasteiger partial charge in [-0.2, -0.15) is 0 Å². The van der Waals surface area contributed by atoms with Crippen molar-refractivity contribution in [2.24, 2.45) is 0 Å². The highest BCUT2D eigenvalue weighted by Crippen LogP contribution is 1.94. The largest absolute Gasteiger partial charge is 0.456 e. The fraction of sp³-hybridized carbons (Fsp3) is 0. The van der Waals surface area contributed by atoms with E-state index in [0.717, 1.165) is 0 Å². The minimum absolute atomic E-state index is 0.667. The van der Waals surface area contributed by atoms with Gasteiger partial charge in [0.15, 0.2) is 5.76 Å². The molecular weight excluding hydrogens is 100 g/mol. The first-order valence-corrected chi connectivity index (χ1v) is 2.25. The Labute approximate surface area is 48.3 Å². The number of rotatable bonds is 0. The highest BCUT2D eigenvalue weighted by atomic mass is 16.3. The van der Waals surface area contributed by atoms with E-state index in [1.807, 2.05) is 0 Å². The molecule has 0 N–H and O–H groups in total. The molecule has 1 heteroatoms. The number of hydrogen-bond acceptors (Lipinski definition) is 1. The quantitative estimate of drug-likeness (QED) is 0.455. The van der Waals surface area contributed by atoms with Crippen LogP contribution >= 0.6 is 0 Å². The van der Waals surface area contributed by atoms with Crippen LogP contribution in [0.1, 0.15) is 5.76 Å². The van der Waals surface area contributed by atoms with Gasteiger partial charge >= 0.3 is 0 Å². The van der Waals surface area contributed by atoms with E-state index < -0.39 is 0 Å². The van der Waals surface area contributed by atoms with Crippen LogP contribution in [-0.4, -0.2) is 0 Å². The Morgan fingerprint density at radius 3 is 3.00 bits per heavy atom. The lowest BCUT2D eigenvalue weighted by Gasteiger charge is -1.71. The molecule has 0 amide bonds. The van der Waals surface area contributed by atoms with E-state index in [0.29, 0.717) is 5.76 Å². The molecule has 1 aromatic rings. The first-order chi connectivity index (χ1) is 3.93. The zero-order valence-corrected chi connectivity index (χ0v) is 4.35. The predicted octanol–water partition coefficient (Wildman–Crippen LogP) is 1.47. The van der Waals surface area contributed by atoms with Crippen molar-refractivity contribution in [2.45, 2.75) is 0 Å². The summed E-state index contributed by atoms with van der Waals surface area (Å²) in [5.41, 5.74) is 0. The van der Waals surface area contributed by atoms with E-state index in [1.165, 1.54) is 0 Å². The number of furan rings is 1. The van der Waals surface area contributed by atoms with Crippen molar-refractivity contribution in [1.82, 2.24) is 0 Å². The highest BCUT2D eigenvalue weighted by molar-refractivity contribution is 5.24. The van der Waals surface area contributed by atoms with E-state index >= 15 is 0 Å². The maximum absolute atomic E-state index is 4.86. The maximum atomic E-state index is 4.86. The molecule has 1 nitrogen and oxygen atoms in total. The molecule has 0 aliphatic carbocycles. The standard InChI is InChI=1S/C7H5O/c1-2-4-7-5-3-6-8-7/h3,5-6H,1H2. The van der Waals surface area contributed by atoms with Gasteiger partial charge in [0.25, 0.3) is 0 Å². The van der Waals surface area contributed by atoms with Crippen LogP contribution in [0.4, 0.5) is 0 Å². The molecule has 0 aliphatic rings. The molecule has 0 saturated heterocycles. The Kier molecular flexibility index (Phi) is 1.39. The maximum Gasteiger partial charge on any atom is 0.176 e. The Balaban J connectivity index is 2.88. The van der Waals surface area contributed by atoms with Crippen molar-refractivity contribution in [3.05, 3.63) is 31.1 Å². The minimum atomic E-state index is 0.667. The Hall–Kier alpha value is -1.16. The third-order valence-electron chi connectivity index (χ3n) is 0.733. The van der Waals surface area contributed by atoms with Crippen molar-refractivity contribution in [3.8, 4) is 11.8 Å². The van der Waals surface area contributed by atoms with Gasteiger partial charge in [0.05, 0.1) is 6.26 Å². The van der Waals surface area contributed by atoms with Crippen LogP contribution in [0.5, 0.6) is 0 Å². The summed E-state index contributed by atoms with van der Waals surface area (Å²) < 4.78 is 4.86. The fourth-order valence-corrected chi connectivity index (χ4v) is 0.437. The smallest absolute Gasteiger partial charge is 0.176 e. The third-order valence-corrected chi connectivity index (χ3v) is 0.733. The van der Waals surface area contributed by atoms with Crippen molar-refractivity contribution < 1.29 is 4.42 Å². The molecular formula is C7H5O. The van der Waals surface area contributed by atoms with Crippen molar-refractivity contribution >= 4 is 0 Å². The molecule has 1 heterocycles. The summed E-state index contributed by atoms with van der Waals surface area (Å²) in [7, 11) is 0. The minimum Gasteiger partial charge on any atom is -0.456 e. The molecule has 1 rings (SSSR count). The van der Waals surface area contributed by atoms with E-state index in [1.54, 1.807) is 18.4 Å². The zero-order chi connectivity index (χ0) is 5.82. The Morgan fingerprint density at radius 2 is 2.50 bits per heavy atom. The van der Waals surface area contributed by atoms with Gasteiger partial charge < -0.3 is 4.42 Å². The van der Waals surface area contributed by atoms with Crippen LogP contribution in [0, 0.1) is 18.8 Å². The molecule has 0 aliphatic heterocycles. The van der Waals surface area contributed by atoms with Gasteiger partial charge in [-0.25, -0.2) is 0 Å². The highest BCUT2D eigenvalue weighted by Gasteiger charge is 1.82. The van der Waals surface area contributed by atoms with E-state index in [-0.39, 0.29) is 0 Å². The second-order valence-electron chi connectivity index (χ2n) is 1.28. The van der Waals surface area contributed by atoms with Crippen molar-refractivity contribution in [2.75, 3.05) is 0 Å². The molecule has 1 aromatic heterocycles. The van der Waals surface area contributed by atoms with Crippen molar-refractivity contribution in [1.29, 1.82) is 0 Å². The number of hydrogen-bond donors (Lipinski definition) is 0. The zero-order valence-electron chi connectivity index (χ0n) is 4.35. The van der Waals surface area contributed by atoms with Crippen LogP contribution in [0.25, 0.3) is 0 Å². The summed E-state index contributed by atoms with van der Waals surface area (Å²) in [6.07, 6.45) is 1.58. The van der Waals surface area contributed by atoms with E-state index in [2.05, 4.69) is 18.8 Å². The van der Waals surface area contributed by atoms with Crippen LogP contribution in [0.3, 0.4) is 0 Å². The first kappa shape index (κ1) is 4.99. The van der Waals surface area contributed by atoms with Gasteiger partial charge in [0.2, 0.25) is 0 Å². The summed E-state index contributed by atoms with van der Waals surface area (Å²) in [5, 5.41) is 0. The lowest BCUT2D eigenvalue weighted by Crippen LogP contribution is -1.58. The molecule has 0 saturated carbocycles. The average Bonchev–Trinajstić information content (AvgIpc) is 2.19. The SMILES string of the molecule is [CH2]C#Cc1ccco1. The predicted molar refractivity (Wildman–Crippen MR) is 30.9 cm³/mol. The Morgan fingerprint density at radius 1 is 1.62 bits per heavy atom. The van der Waals surface area contributed by atoms with E-state index in [9.17, 15) is 0 Å². The van der Waals surface area contributed by atoms with Gasteiger partial charge in [-0.3, -0.25) is 0 Å². The Bertz CT molecular complexity index is 198. The second kappa shape index (κ2) is 2.23. The monoisotopic (exact) mass is 105 g/mol. The molecule has 0 atom stereocenters. The summed E-state index contributed by atoms with van der Waals surface area (Å²) in [5.74, 6) is 5.80. The topological polar surface area (TPSA) is 13.1 Å². The van der Waals surface area contributed by atoms with Crippen LogP contribution < -0.4 is 0 Å². The molecule has 8 heavy (non-hydrogen) atoms. The molecule has 1 radical (unpaired) electrons. The fourth-order valence-electron chi connectivity index (χ4n) is 0.437. The molecule has 0 unspecified atom stereocenters. The summed E-state index contributed by atoms with van der Waals surface area (Å²) in [6, 6.07) is 3.58. The van der Waals surface area contributed by atoms with Crippen LogP contribution in [0.15, 0.2) is 22.8 Å². The van der Waals surface area contributed by atoms with Crippen LogP contribution in [-0.2, 0) is 0 Å². The van der Waals surface area contributed by atoms with Gasteiger partial charge in [-0.15, -0.1) is 0 Å². The lowest BCUT2D eigenvalue weighted by atomic mass is 10.4. The molecule has 0 fully saturated rings. The van der Waals surface area contributed by atoms with Gasteiger partial charge in [-0.05, 0) is 18.1 Å². The molecule has 39 valence electrons. The third kappa shape index (κ3) is 0.913. The molecule has 0 spiro atoms. The second-order valence-corrected chi connectivity index (χ2v) is 1.28.